The van der Waals surface area contributed by atoms with Gasteiger partial charge in [-0.1, -0.05) is 25.1 Å². The van der Waals surface area contributed by atoms with Gasteiger partial charge >= 0.3 is 5.97 Å². The summed E-state index contributed by atoms with van der Waals surface area (Å²) in [6.07, 6.45) is 6.60. The summed E-state index contributed by atoms with van der Waals surface area (Å²) >= 11 is 0. The molecule has 0 saturated heterocycles. The molecule has 2 rings (SSSR count). The summed E-state index contributed by atoms with van der Waals surface area (Å²) < 4.78 is 18.2. The van der Waals surface area contributed by atoms with Gasteiger partial charge in [0.15, 0.2) is 6.61 Å². The van der Waals surface area contributed by atoms with Crippen molar-refractivity contribution in [2.75, 3.05) is 6.61 Å². The Kier molecular flexibility index (Phi) is 6.32. The van der Waals surface area contributed by atoms with Crippen LogP contribution < -0.4 is 5.32 Å². The lowest BCUT2D eigenvalue weighted by Gasteiger charge is -2.26. The third kappa shape index (κ3) is 5.85. The fourth-order valence-corrected chi connectivity index (χ4v) is 2.63. The molecule has 0 atom stereocenters. The number of carbonyl (C=O) groups excluding carboxylic acids is 2. The molecule has 0 bridgehead atoms. The predicted octanol–water partition coefficient (Wildman–Crippen LogP) is 3.08. The number of ether oxygens (including phenoxy) is 1. The summed E-state index contributed by atoms with van der Waals surface area (Å²) in [5.41, 5.74) is 0.297. The second-order valence-corrected chi connectivity index (χ2v) is 5.99. The molecule has 1 saturated carbocycles. The lowest BCUT2D eigenvalue weighted by molar-refractivity contribution is -0.144. The molecule has 1 fully saturated rings. The van der Waals surface area contributed by atoms with Gasteiger partial charge in [0.25, 0.3) is 5.91 Å². The first-order valence-corrected chi connectivity index (χ1v) is 7.93. The van der Waals surface area contributed by atoms with Crippen molar-refractivity contribution < 1.29 is 18.7 Å². The van der Waals surface area contributed by atoms with Gasteiger partial charge in [-0.05, 0) is 43.7 Å². The van der Waals surface area contributed by atoms with Crippen molar-refractivity contribution >= 4 is 18.0 Å². The van der Waals surface area contributed by atoms with Gasteiger partial charge in [0.1, 0.15) is 5.82 Å². The van der Waals surface area contributed by atoms with Crippen LogP contribution in [0.1, 0.15) is 38.2 Å². The Morgan fingerprint density at radius 3 is 2.65 bits per heavy atom. The van der Waals surface area contributed by atoms with Gasteiger partial charge in [0.2, 0.25) is 0 Å². The molecular formula is C18H22FNO3. The largest absolute Gasteiger partial charge is 0.452 e. The lowest BCUT2D eigenvalue weighted by atomic mass is 9.87. The number of carbonyl (C=O) groups is 2. The highest BCUT2D eigenvalue weighted by Gasteiger charge is 2.19. The summed E-state index contributed by atoms with van der Waals surface area (Å²) in [5.74, 6) is -0.664. The van der Waals surface area contributed by atoms with E-state index in [-0.39, 0.29) is 18.6 Å². The summed E-state index contributed by atoms with van der Waals surface area (Å²) in [7, 11) is 0. The van der Waals surface area contributed by atoms with Gasteiger partial charge in [-0.3, -0.25) is 4.79 Å². The summed E-state index contributed by atoms with van der Waals surface area (Å²) in [5, 5.41) is 2.88. The van der Waals surface area contributed by atoms with E-state index in [4.69, 9.17) is 4.74 Å². The van der Waals surface area contributed by atoms with Crippen LogP contribution in [-0.4, -0.2) is 24.5 Å². The smallest absolute Gasteiger partial charge is 0.331 e. The van der Waals surface area contributed by atoms with Crippen LogP contribution in [0.25, 0.3) is 6.08 Å². The molecule has 4 nitrogen and oxygen atoms in total. The molecule has 5 heteroatoms. The topological polar surface area (TPSA) is 55.4 Å². The Balaban J connectivity index is 1.71. The molecule has 1 aromatic carbocycles. The fraction of sp³-hybridized carbons (Fsp3) is 0.444. The van der Waals surface area contributed by atoms with Crippen molar-refractivity contribution in [1.29, 1.82) is 0 Å². The van der Waals surface area contributed by atoms with E-state index in [1.165, 1.54) is 12.1 Å². The van der Waals surface area contributed by atoms with Crippen molar-refractivity contribution in [2.24, 2.45) is 5.92 Å². The maximum absolute atomic E-state index is 13.4. The van der Waals surface area contributed by atoms with Gasteiger partial charge in [0.05, 0.1) is 0 Å². The molecule has 0 aliphatic heterocycles. The highest BCUT2D eigenvalue weighted by atomic mass is 19.1. The van der Waals surface area contributed by atoms with Crippen LogP contribution in [0.3, 0.4) is 0 Å². The normalized spacial score (nSPS) is 21.1. The van der Waals surface area contributed by atoms with Crippen molar-refractivity contribution in [3.63, 3.8) is 0 Å². The number of hydrogen-bond donors (Lipinski definition) is 1. The van der Waals surface area contributed by atoms with Crippen LogP contribution in [0.5, 0.6) is 0 Å². The van der Waals surface area contributed by atoms with Crippen LogP contribution in [0.2, 0.25) is 0 Å². The van der Waals surface area contributed by atoms with E-state index in [9.17, 15) is 14.0 Å². The highest BCUT2D eigenvalue weighted by molar-refractivity contribution is 5.89. The summed E-state index contributed by atoms with van der Waals surface area (Å²) in [6.45, 7) is 1.90. The van der Waals surface area contributed by atoms with Gasteiger partial charge in [-0.15, -0.1) is 0 Å². The van der Waals surface area contributed by atoms with Crippen LogP contribution in [0, 0.1) is 11.7 Å². The zero-order valence-electron chi connectivity index (χ0n) is 13.3. The number of rotatable bonds is 5. The van der Waals surface area contributed by atoms with E-state index in [0.717, 1.165) is 31.8 Å². The molecule has 124 valence electrons. The Morgan fingerprint density at radius 1 is 1.26 bits per heavy atom. The average Bonchev–Trinajstić information content (AvgIpc) is 2.54. The van der Waals surface area contributed by atoms with Gasteiger partial charge < -0.3 is 10.1 Å². The van der Waals surface area contributed by atoms with Crippen LogP contribution in [0.15, 0.2) is 30.3 Å². The molecule has 0 spiro atoms. The van der Waals surface area contributed by atoms with E-state index in [2.05, 4.69) is 12.2 Å². The molecule has 0 radical (unpaired) electrons. The summed E-state index contributed by atoms with van der Waals surface area (Å²) in [6, 6.07) is 6.28. The minimum Gasteiger partial charge on any atom is -0.452 e. The van der Waals surface area contributed by atoms with Crippen molar-refractivity contribution in [1.82, 2.24) is 5.32 Å². The third-order valence-electron chi connectivity index (χ3n) is 4.03. The lowest BCUT2D eigenvalue weighted by Crippen LogP contribution is -2.39. The summed E-state index contributed by atoms with van der Waals surface area (Å²) in [4.78, 5) is 23.3. The number of benzene rings is 1. The minimum absolute atomic E-state index is 0.173. The van der Waals surface area contributed by atoms with E-state index < -0.39 is 11.8 Å². The van der Waals surface area contributed by atoms with E-state index in [1.54, 1.807) is 18.2 Å². The van der Waals surface area contributed by atoms with Crippen molar-refractivity contribution in [2.45, 2.75) is 38.6 Å². The third-order valence-corrected chi connectivity index (χ3v) is 4.03. The Hall–Kier alpha value is -2.17. The average molecular weight is 319 g/mol. The van der Waals surface area contributed by atoms with E-state index in [1.807, 2.05) is 0 Å². The molecule has 1 amide bonds. The second kappa shape index (κ2) is 8.46. The maximum Gasteiger partial charge on any atom is 0.331 e. The molecule has 1 N–H and O–H groups in total. The van der Waals surface area contributed by atoms with Crippen molar-refractivity contribution in [3.05, 3.63) is 41.7 Å². The maximum atomic E-state index is 13.4. The monoisotopic (exact) mass is 319 g/mol. The number of esters is 1. The zero-order chi connectivity index (χ0) is 16.7. The number of halogens is 1. The molecule has 0 aromatic heterocycles. The highest BCUT2D eigenvalue weighted by Crippen LogP contribution is 2.23. The van der Waals surface area contributed by atoms with Crippen LogP contribution in [-0.2, 0) is 14.3 Å². The Labute approximate surface area is 135 Å². The molecule has 0 heterocycles. The molecule has 1 aliphatic carbocycles. The van der Waals surface area contributed by atoms with Crippen molar-refractivity contribution in [3.8, 4) is 0 Å². The Morgan fingerprint density at radius 2 is 1.96 bits per heavy atom. The molecule has 1 aliphatic rings. The number of hydrogen-bond acceptors (Lipinski definition) is 3. The molecule has 23 heavy (non-hydrogen) atoms. The number of amides is 1. The van der Waals surface area contributed by atoms with Crippen LogP contribution in [0.4, 0.5) is 4.39 Å². The predicted molar refractivity (Wildman–Crippen MR) is 86.0 cm³/mol. The first-order chi connectivity index (χ1) is 11.0. The molecular weight excluding hydrogens is 297 g/mol. The first kappa shape index (κ1) is 17.2. The second-order valence-electron chi connectivity index (χ2n) is 5.99. The van der Waals surface area contributed by atoms with Gasteiger partial charge in [-0.25, -0.2) is 9.18 Å². The minimum atomic E-state index is -0.666. The zero-order valence-corrected chi connectivity index (χ0v) is 13.3. The molecule has 0 unspecified atom stereocenters. The van der Waals surface area contributed by atoms with Crippen LogP contribution >= 0.6 is 0 Å². The Bertz CT molecular complexity index is 577. The fourth-order valence-electron chi connectivity index (χ4n) is 2.63. The molecule has 1 aromatic rings. The van der Waals surface area contributed by atoms with E-state index in [0.29, 0.717) is 11.5 Å². The SMILES string of the molecule is CC1CCC(NC(=O)COC(=O)/C=C/c2ccccc2F)CC1. The van der Waals surface area contributed by atoms with Gasteiger partial charge in [-0.2, -0.15) is 0 Å². The first-order valence-electron chi connectivity index (χ1n) is 7.93. The quantitative estimate of drug-likeness (QED) is 0.670. The van der Waals surface area contributed by atoms with E-state index >= 15 is 0 Å². The van der Waals surface area contributed by atoms with Gasteiger partial charge in [0, 0.05) is 17.7 Å². The standard InChI is InChI=1S/C18H22FNO3/c1-13-6-9-15(10-7-13)20-17(21)12-23-18(22)11-8-14-4-2-3-5-16(14)19/h2-5,8,11,13,15H,6-7,9-10,12H2,1H3,(H,20,21)/b11-8+. The number of nitrogens with one attached hydrogen (secondary N) is 1.